The first kappa shape index (κ1) is 24.5. The number of rotatable bonds is 7. The van der Waals surface area contributed by atoms with Gasteiger partial charge in [-0.3, -0.25) is 0 Å². The molecule has 33 heavy (non-hydrogen) atoms. The van der Waals surface area contributed by atoms with Gasteiger partial charge in [-0.2, -0.15) is 22.0 Å². The van der Waals surface area contributed by atoms with Crippen LogP contribution in [0.5, 0.6) is 5.75 Å². The molecule has 0 saturated heterocycles. The van der Waals surface area contributed by atoms with Gasteiger partial charge in [0, 0.05) is 5.56 Å². The van der Waals surface area contributed by atoms with E-state index in [2.05, 4.69) is 4.74 Å². The molecule has 176 valence electrons. The van der Waals surface area contributed by atoms with E-state index in [1.165, 1.54) is 24.3 Å². The zero-order valence-electron chi connectivity index (χ0n) is 17.2. The summed E-state index contributed by atoms with van der Waals surface area (Å²) >= 11 is 0. The molecule has 0 radical (unpaired) electrons. The van der Waals surface area contributed by atoms with Crippen LogP contribution in [0.15, 0.2) is 60.7 Å². The first-order valence-electron chi connectivity index (χ1n) is 9.90. The summed E-state index contributed by atoms with van der Waals surface area (Å²) in [5, 5.41) is 0. The van der Waals surface area contributed by atoms with Gasteiger partial charge in [0.2, 0.25) is 0 Å². The molecule has 0 fully saturated rings. The average molecular weight is 474 g/mol. The maximum atomic E-state index is 15.4. The highest BCUT2D eigenvalue weighted by atomic mass is 19.4. The van der Waals surface area contributed by atoms with Gasteiger partial charge in [-0.05, 0) is 34.7 Å². The highest BCUT2D eigenvalue weighted by Gasteiger charge is 2.59. The fraction of sp³-hybridized carbons (Fsp3) is 0.250. The highest BCUT2D eigenvalue weighted by Crippen LogP contribution is 2.43. The number of hydrogen-bond acceptors (Lipinski definition) is 1. The summed E-state index contributed by atoms with van der Waals surface area (Å²) in [6, 6.07) is 14.8. The third-order valence-electron chi connectivity index (χ3n) is 4.86. The van der Waals surface area contributed by atoms with Gasteiger partial charge in [-0.1, -0.05) is 67.9 Å². The molecule has 0 aromatic heterocycles. The van der Waals surface area contributed by atoms with Gasteiger partial charge in [0.05, 0.1) is 0 Å². The van der Waals surface area contributed by atoms with Crippen molar-refractivity contribution in [2.24, 2.45) is 0 Å². The number of benzene rings is 3. The summed E-state index contributed by atoms with van der Waals surface area (Å²) < 4.78 is 112. The van der Waals surface area contributed by atoms with Crippen molar-refractivity contribution in [1.29, 1.82) is 0 Å². The zero-order valence-corrected chi connectivity index (χ0v) is 17.2. The summed E-state index contributed by atoms with van der Waals surface area (Å²) in [7, 11) is 0. The van der Waals surface area contributed by atoms with Crippen LogP contribution in [-0.2, 0) is 6.42 Å². The van der Waals surface area contributed by atoms with Crippen LogP contribution in [0.2, 0.25) is 0 Å². The minimum atomic E-state index is -6.00. The van der Waals surface area contributed by atoms with E-state index < -0.39 is 35.8 Å². The van der Waals surface area contributed by atoms with E-state index in [0.29, 0.717) is 18.1 Å². The van der Waals surface area contributed by atoms with E-state index in [1.54, 1.807) is 30.3 Å². The molecular weight excluding hydrogens is 456 g/mol. The molecule has 0 aliphatic heterocycles. The SMILES string of the molecule is CCCc1ccc(-c2c(-c3ccccc3)cc(F)c(OC(F)(F)C(F)C(F)(F)F)c2F)cc1. The Kier molecular flexibility index (Phi) is 7.00. The lowest BCUT2D eigenvalue weighted by Gasteiger charge is -2.24. The molecule has 0 amide bonds. The van der Waals surface area contributed by atoms with E-state index in [0.717, 1.165) is 12.0 Å². The van der Waals surface area contributed by atoms with Gasteiger partial charge in [0.1, 0.15) is 0 Å². The lowest BCUT2D eigenvalue weighted by Crippen LogP contribution is -2.46. The molecule has 1 atom stereocenters. The molecule has 3 rings (SSSR count). The Balaban J connectivity index is 2.19. The van der Waals surface area contributed by atoms with Crippen LogP contribution >= 0.6 is 0 Å². The Bertz CT molecular complexity index is 1090. The van der Waals surface area contributed by atoms with E-state index in [-0.39, 0.29) is 16.7 Å². The fourth-order valence-corrected chi connectivity index (χ4v) is 3.33. The van der Waals surface area contributed by atoms with Crippen molar-refractivity contribution < 1.29 is 39.9 Å². The van der Waals surface area contributed by atoms with E-state index >= 15 is 4.39 Å². The standard InChI is InChI=1S/C24H18F8O/c1-2-6-14-9-11-16(12-10-14)19-17(15-7-4-3-5-8-15)13-18(25)21(20(19)26)33-24(31,32)22(27)23(28,29)30/h3-5,7-13,22H,2,6H2,1H3. The van der Waals surface area contributed by atoms with Crippen LogP contribution in [-0.4, -0.2) is 18.5 Å². The smallest absolute Gasteiger partial charge is 0.424 e. The lowest BCUT2D eigenvalue weighted by atomic mass is 9.92. The largest absolute Gasteiger partial charge is 0.439 e. The molecule has 1 unspecified atom stereocenters. The van der Waals surface area contributed by atoms with Crippen molar-refractivity contribution >= 4 is 0 Å². The van der Waals surface area contributed by atoms with Crippen LogP contribution in [0.3, 0.4) is 0 Å². The van der Waals surface area contributed by atoms with Gasteiger partial charge in [-0.15, -0.1) is 0 Å². The molecule has 9 heteroatoms. The third-order valence-corrected chi connectivity index (χ3v) is 4.86. The molecule has 0 bridgehead atoms. The van der Waals surface area contributed by atoms with Gasteiger partial charge in [0.15, 0.2) is 17.4 Å². The minimum Gasteiger partial charge on any atom is -0.424 e. The molecule has 0 spiro atoms. The van der Waals surface area contributed by atoms with Crippen LogP contribution in [0.4, 0.5) is 35.1 Å². The number of halogens is 8. The molecule has 0 N–H and O–H groups in total. The second kappa shape index (κ2) is 9.41. The molecule has 0 heterocycles. The second-order valence-electron chi connectivity index (χ2n) is 7.31. The quantitative estimate of drug-likeness (QED) is 0.314. The average Bonchev–Trinajstić information content (AvgIpc) is 2.77. The molecule has 1 nitrogen and oxygen atoms in total. The maximum Gasteiger partial charge on any atom is 0.439 e. The Labute approximate surface area is 184 Å². The van der Waals surface area contributed by atoms with Gasteiger partial charge in [0.25, 0.3) is 6.17 Å². The predicted octanol–water partition coefficient (Wildman–Crippen LogP) is 8.12. The lowest BCUT2D eigenvalue weighted by molar-refractivity contribution is -0.306. The van der Waals surface area contributed by atoms with Gasteiger partial charge in [-0.25, -0.2) is 13.2 Å². The molecule has 3 aromatic carbocycles. The van der Waals surface area contributed by atoms with Crippen molar-refractivity contribution in [2.75, 3.05) is 0 Å². The summed E-state index contributed by atoms with van der Waals surface area (Å²) in [4.78, 5) is 0. The number of hydrogen-bond donors (Lipinski definition) is 0. The van der Waals surface area contributed by atoms with E-state index in [9.17, 15) is 30.7 Å². The first-order valence-corrected chi connectivity index (χ1v) is 9.90. The normalized spacial score (nSPS) is 13.1. The molecule has 0 aliphatic rings. The Hall–Kier alpha value is -3.10. The predicted molar refractivity (Wildman–Crippen MR) is 108 cm³/mol. The summed E-state index contributed by atoms with van der Waals surface area (Å²) in [5.74, 6) is -5.18. The molecule has 3 aromatic rings. The number of alkyl halides is 6. The van der Waals surface area contributed by atoms with Crippen molar-refractivity contribution in [3.8, 4) is 28.0 Å². The van der Waals surface area contributed by atoms with E-state index in [1.807, 2.05) is 6.92 Å². The van der Waals surface area contributed by atoms with Crippen LogP contribution in [0.25, 0.3) is 22.3 Å². The molecular formula is C24H18F8O. The first-order chi connectivity index (χ1) is 15.5. The van der Waals surface area contributed by atoms with Crippen LogP contribution in [0, 0.1) is 11.6 Å². The van der Waals surface area contributed by atoms with Crippen molar-refractivity contribution in [3.05, 3.63) is 77.9 Å². The Morgan fingerprint density at radius 2 is 1.45 bits per heavy atom. The maximum absolute atomic E-state index is 15.4. The van der Waals surface area contributed by atoms with Crippen molar-refractivity contribution in [2.45, 2.75) is 38.2 Å². The topological polar surface area (TPSA) is 9.23 Å². The fourth-order valence-electron chi connectivity index (χ4n) is 3.33. The third kappa shape index (κ3) is 5.29. The summed E-state index contributed by atoms with van der Waals surface area (Å²) in [5.41, 5.74) is 0.946. The second-order valence-corrected chi connectivity index (χ2v) is 7.31. The molecule has 0 aliphatic carbocycles. The van der Waals surface area contributed by atoms with Gasteiger partial charge < -0.3 is 4.74 Å². The van der Waals surface area contributed by atoms with Crippen LogP contribution < -0.4 is 4.74 Å². The van der Waals surface area contributed by atoms with E-state index in [4.69, 9.17) is 0 Å². The van der Waals surface area contributed by atoms with Crippen LogP contribution in [0.1, 0.15) is 18.9 Å². The zero-order chi connectivity index (χ0) is 24.4. The number of aryl methyl sites for hydroxylation is 1. The summed E-state index contributed by atoms with van der Waals surface area (Å²) in [6.07, 6.45) is -14.8. The monoisotopic (exact) mass is 474 g/mol. The Morgan fingerprint density at radius 3 is 2.00 bits per heavy atom. The minimum absolute atomic E-state index is 0.0443. The van der Waals surface area contributed by atoms with Crippen molar-refractivity contribution in [3.63, 3.8) is 0 Å². The molecule has 0 saturated carbocycles. The van der Waals surface area contributed by atoms with Gasteiger partial charge >= 0.3 is 12.3 Å². The van der Waals surface area contributed by atoms with Crippen molar-refractivity contribution in [1.82, 2.24) is 0 Å². The highest BCUT2D eigenvalue weighted by molar-refractivity contribution is 5.85. The number of ether oxygens (including phenoxy) is 1. The Morgan fingerprint density at radius 1 is 0.848 bits per heavy atom. The summed E-state index contributed by atoms with van der Waals surface area (Å²) in [6.45, 7) is 1.95.